The first-order valence-electron chi connectivity index (χ1n) is 6.82. The molecule has 0 bridgehead atoms. The molecule has 0 fully saturated rings. The molecule has 0 unspecified atom stereocenters. The smallest absolute Gasteiger partial charge is 0.162 e. The number of pyridine rings is 1. The number of aromatic nitrogens is 1. The van der Waals surface area contributed by atoms with Crippen LogP contribution in [0.4, 0.5) is 5.69 Å². The van der Waals surface area contributed by atoms with Gasteiger partial charge in [-0.1, -0.05) is 18.2 Å². The standard InChI is InChI=1S/C18H16N2O/c1-4-13(15-11-12(2)9-10-20-15)18-17(19-3)14-7-5-6-8-16(14)21-18/h4-11H,3H2,1-2H3/b13-4-. The molecule has 0 N–H and O–H groups in total. The van der Waals surface area contributed by atoms with Gasteiger partial charge in [0.05, 0.1) is 5.69 Å². The molecule has 2 aromatic heterocycles. The highest BCUT2D eigenvalue weighted by Crippen LogP contribution is 2.39. The van der Waals surface area contributed by atoms with Crippen molar-refractivity contribution in [3.8, 4) is 0 Å². The van der Waals surface area contributed by atoms with Crippen LogP contribution in [0.1, 0.15) is 23.9 Å². The van der Waals surface area contributed by atoms with Gasteiger partial charge < -0.3 is 4.42 Å². The molecule has 3 heteroatoms. The fourth-order valence-corrected chi connectivity index (χ4v) is 2.45. The van der Waals surface area contributed by atoms with Gasteiger partial charge in [-0.3, -0.25) is 9.98 Å². The van der Waals surface area contributed by atoms with E-state index < -0.39 is 0 Å². The van der Waals surface area contributed by atoms with Crippen LogP contribution in [0.2, 0.25) is 0 Å². The van der Waals surface area contributed by atoms with Crippen LogP contribution in [-0.2, 0) is 0 Å². The lowest BCUT2D eigenvalue weighted by Gasteiger charge is -2.05. The Morgan fingerprint density at radius 3 is 2.81 bits per heavy atom. The first-order valence-corrected chi connectivity index (χ1v) is 6.82. The van der Waals surface area contributed by atoms with Gasteiger partial charge in [0, 0.05) is 17.2 Å². The maximum atomic E-state index is 6.00. The van der Waals surface area contributed by atoms with Gasteiger partial charge >= 0.3 is 0 Å². The van der Waals surface area contributed by atoms with Gasteiger partial charge in [-0.2, -0.15) is 0 Å². The highest BCUT2D eigenvalue weighted by molar-refractivity contribution is 5.97. The van der Waals surface area contributed by atoms with Crippen LogP contribution in [0.5, 0.6) is 0 Å². The number of para-hydroxylation sites is 1. The number of furan rings is 1. The lowest BCUT2D eigenvalue weighted by molar-refractivity contribution is 0.600. The summed E-state index contributed by atoms with van der Waals surface area (Å²) in [6, 6.07) is 11.9. The molecule has 0 aliphatic carbocycles. The Bertz CT molecular complexity index is 843. The number of nitrogens with zero attached hydrogens (tertiary/aromatic N) is 2. The Morgan fingerprint density at radius 2 is 2.10 bits per heavy atom. The second kappa shape index (κ2) is 5.37. The predicted molar refractivity (Wildman–Crippen MR) is 87.2 cm³/mol. The van der Waals surface area contributed by atoms with Gasteiger partial charge in [0.2, 0.25) is 0 Å². The van der Waals surface area contributed by atoms with Crippen LogP contribution < -0.4 is 0 Å². The van der Waals surface area contributed by atoms with Gasteiger partial charge in [0.25, 0.3) is 0 Å². The molecule has 0 saturated heterocycles. The lowest BCUT2D eigenvalue weighted by atomic mass is 10.1. The molecule has 3 rings (SSSR count). The van der Waals surface area contributed by atoms with Crippen molar-refractivity contribution in [1.82, 2.24) is 4.98 Å². The summed E-state index contributed by atoms with van der Waals surface area (Å²) in [6.45, 7) is 7.70. The molecule has 3 nitrogen and oxygen atoms in total. The van der Waals surface area contributed by atoms with Crippen molar-refractivity contribution < 1.29 is 4.42 Å². The van der Waals surface area contributed by atoms with E-state index in [1.165, 1.54) is 0 Å². The second-order valence-electron chi connectivity index (χ2n) is 4.85. The van der Waals surface area contributed by atoms with E-state index in [-0.39, 0.29) is 0 Å². The van der Waals surface area contributed by atoms with Gasteiger partial charge in [-0.15, -0.1) is 0 Å². The number of hydrogen-bond donors (Lipinski definition) is 0. The number of rotatable bonds is 3. The van der Waals surface area contributed by atoms with E-state index in [2.05, 4.69) is 16.7 Å². The number of fused-ring (bicyclic) bond motifs is 1. The molecule has 0 aliphatic rings. The van der Waals surface area contributed by atoms with Crippen molar-refractivity contribution in [3.63, 3.8) is 0 Å². The molecule has 2 heterocycles. The van der Waals surface area contributed by atoms with Crippen molar-refractivity contribution in [2.24, 2.45) is 4.99 Å². The highest BCUT2D eigenvalue weighted by Gasteiger charge is 2.18. The third-order valence-electron chi connectivity index (χ3n) is 3.45. The van der Waals surface area contributed by atoms with Crippen LogP contribution in [-0.4, -0.2) is 11.7 Å². The first kappa shape index (κ1) is 13.3. The maximum Gasteiger partial charge on any atom is 0.162 e. The topological polar surface area (TPSA) is 38.4 Å². The van der Waals surface area contributed by atoms with E-state index in [1.807, 2.05) is 56.3 Å². The van der Waals surface area contributed by atoms with Crippen LogP contribution in [0.3, 0.4) is 0 Å². The maximum absolute atomic E-state index is 6.00. The summed E-state index contributed by atoms with van der Waals surface area (Å²) in [5, 5.41) is 0.967. The van der Waals surface area contributed by atoms with Crippen molar-refractivity contribution in [1.29, 1.82) is 0 Å². The fraction of sp³-hybridized carbons (Fsp3) is 0.111. The number of aryl methyl sites for hydroxylation is 1. The molecule has 0 atom stereocenters. The van der Waals surface area contributed by atoms with Gasteiger partial charge in [0.15, 0.2) is 5.76 Å². The molecule has 1 aromatic carbocycles. The first-order chi connectivity index (χ1) is 10.2. The monoisotopic (exact) mass is 276 g/mol. The Labute approximate surface area is 123 Å². The minimum atomic E-state index is 0.715. The van der Waals surface area contributed by atoms with Gasteiger partial charge in [-0.25, -0.2) is 0 Å². The van der Waals surface area contributed by atoms with Crippen molar-refractivity contribution in [2.75, 3.05) is 0 Å². The Morgan fingerprint density at radius 1 is 1.29 bits per heavy atom. The summed E-state index contributed by atoms with van der Waals surface area (Å²) < 4.78 is 6.00. The molecule has 0 amide bonds. The quantitative estimate of drug-likeness (QED) is 0.637. The molecule has 3 aromatic rings. The molecule has 104 valence electrons. The number of hydrogen-bond acceptors (Lipinski definition) is 3. The second-order valence-corrected chi connectivity index (χ2v) is 4.85. The minimum Gasteiger partial charge on any atom is -0.454 e. The number of allylic oxidation sites excluding steroid dienone is 1. The Kier molecular flexibility index (Phi) is 3.40. The molecular formula is C18H16N2O. The molecule has 21 heavy (non-hydrogen) atoms. The third kappa shape index (κ3) is 2.27. The highest BCUT2D eigenvalue weighted by atomic mass is 16.3. The fourth-order valence-electron chi connectivity index (χ4n) is 2.45. The van der Waals surface area contributed by atoms with Gasteiger partial charge in [0.1, 0.15) is 11.3 Å². The summed E-state index contributed by atoms with van der Waals surface area (Å²) in [4.78, 5) is 8.61. The average Bonchev–Trinajstić information content (AvgIpc) is 2.86. The molecular weight excluding hydrogens is 260 g/mol. The summed E-state index contributed by atoms with van der Waals surface area (Å²) in [6.07, 6.45) is 3.80. The third-order valence-corrected chi connectivity index (χ3v) is 3.45. The average molecular weight is 276 g/mol. The van der Waals surface area contributed by atoms with Crippen molar-refractivity contribution in [3.05, 3.63) is 65.7 Å². The summed E-state index contributed by atoms with van der Waals surface area (Å²) in [5.74, 6) is 0.715. The molecule has 0 spiro atoms. The predicted octanol–water partition coefficient (Wildman–Crippen LogP) is 4.92. The summed E-state index contributed by atoms with van der Waals surface area (Å²) in [7, 11) is 0. The molecule has 0 saturated carbocycles. The lowest BCUT2D eigenvalue weighted by Crippen LogP contribution is -1.91. The molecule has 0 radical (unpaired) electrons. The van der Waals surface area contributed by atoms with Gasteiger partial charge in [-0.05, 0) is 50.4 Å². The van der Waals surface area contributed by atoms with E-state index in [9.17, 15) is 0 Å². The van der Waals surface area contributed by atoms with E-state index in [0.717, 1.165) is 33.5 Å². The van der Waals surface area contributed by atoms with Crippen molar-refractivity contribution >= 4 is 28.9 Å². The Balaban J connectivity index is 2.25. The van der Waals surface area contributed by atoms with E-state index in [0.29, 0.717) is 5.76 Å². The zero-order valence-electron chi connectivity index (χ0n) is 12.1. The zero-order valence-corrected chi connectivity index (χ0v) is 12.1. The zero-order chi connectivity index (χ0) is 14.8. The van der Waals surface area contributed by atoms with Crippen LogP contribution in [0.15, 0.2) is 58.1 Å². The summed E-state index contributed by atoms with van der Waals surface area (Å²) in [5.41, 5.74) is 4.53. The minimum absolute atomic E-state index is 0.715. The SMILES string of the molecule is C=Nc1c(/C(=C\C)c2cc(C)ccn2)oc2ccccc12. The van der Waals surface area contributed by atoms with E-state index in [4.69, 9.17) is 4.42 Å². The van der Waals surface area contributed by atoms with E-state index >= 15 is 0 Å². The van der Waals surface area contributed by atoms with Crippen LogP contribution in [0, 0.1) is 6.92 Å². The normalized spacial score (nSPS) is 11.8. The Hall–Kier alpha value is -2.68. The summed E-state index contributed by atoms with van der Waals surface area (Å²) >= 11 is 0. The van der Waals surface area contributed by atoms with Crippen LogP contribution in [0.25, 0.3) is 16.5 Å². The van der Waals surface area contributed by atoms with E-state index in [1.54, 1.807) is 6.20 Å². The molecule has 0 aliphatic heterocycles. The number of benzene rings is 1. The van der Waals surface area contributed by atoms with Crippen LogP contribution >= 0.6 is 0 Å². The number of aliphatic imine (C=N–C) groups is 1. The largest absolute Gasteiger partial charge is 0.454 e. The van der Waals surface area contributed by atoms with Crippen molar-refractivity contribution in [2.45, 2.75) is 13.8 Å².